The van der Waals surface area contributed by atoms with Gasteiger partial charge in [0, 0.05) is 5.69 Å². The van der Waals surface area contributed by atoms with E-state index in [0.29, 0.717) is 5.75 Å². The number of hydrogen-bond acceptors (Lipinski definition) is 5. The van der Waals surface area contributed by atoms with Crippen LogP contribution in [-0.4, -0.2) is 35.6 Å². The number of nitrogens with zero attached hydrogens (tertiary/aromatic N) is 1. The molecule has 1 aliphatic rings. The fraction of sp³-hybridized carbons (Fsp3) is 0.105. The van der Waals surface area contributed by atoms with Crippen molar-refractivity contribution in [3.05, 3.63) is 62.3 Å². The average Bonchev–Trinajstić information content (AvgIpc) is 2.89. The van der Waals surface area contributed by atoms with Gasteiger partial charge in [0.05, 0.1) is 15.6 Å². The summed E-state index contributed by atoms with van der Waals surface area (Å²) in [6.45, 7) is -0.446. The molecule has 2 aromatic rings. The molecule has 28 heavy (non-hydrogen) atoms. The molecule has 3 amide bonds. The number of anilines is 1. The second kappa shape index (κ2) is 8.74. The fourth-order valence-corrected chi connectivity index (χ4v) is 4.07. The molecule has 0 aliphatic carbocycles. The second-order valence-electron chi connectivity index (χ2n) is 5.72. The molecule has 1 N–H and O–H groups in total. The van der Waals surface area contributed by atoms with Crippen LogP contribution in [0.15, 0.2) is 47.4 Å². The summed E-state index contributed by atoms with van der Waals surface area (Å²) < 4.78 is 19.2. The molecular weight excluding hydrogens is 498 g/mol. The number of hydrogen-bond donors (Lipinski definition) is 1. The van der Waals surface area contributed by atoms with Gasteiger partial charge in [0.1, 0.15) is 18.1 Å². The Bertz CT molecular complexity index is 996. The second-order valence-corrected chi connectivity index (χ2v) is 7.88. The highest BCUT2D eigenvalue weighted by Crippen LogP contribution is 2.33. The van der Waals surface area contributed by atoms with Crippen LogP contribution < -0.4 is 10.1 Å². The topological polar surface area (TPSA) is 75.7 Å². The number of rotatable bonds is 5. The van der Waals surface area contributed by atoms with Crippen molar-refractivity contribution in [1.29, 1.82) is 0 Å². The quantitative estimate of drug-likeness (QED) is 0.482. The highest BCUT2D eigenvalue weighted by molar-refractivity contribution is 14.1. The third kappa shape index (κ3) is 4.71. The first-order valence-corrected chi connectivity index (χ1v) is 9.91. The number of methoxy groups -OCH3 is 1. The number of ether oxygens (including phenoxy) is 1. The number of imide groups is 1. The van der Waals surface area contributed by atoms with Gasteiger partial charge in [-0.15, -0.1) is 0 Å². The fourth-order valence-electron chi connectivity index (χ4n) is 2.47. The van der Waals surface area contributed by atoms with E-state index in [2.05, 4.69) is 27.9 Å². The SMILES string of the molecule is COc1ccc(/C=C2/SC(=O)N(CC(=O)Nc3cccc(F)c3)C2=O)cc1I. The third-order valence-corrected chi connectivity index (χ3v) is 5.51. The van der Waals surface area contributed by atoms with Crippen molar-refractivity contribution in [1.82, 2.24) is 4.90 Å². The van der Waals surface area contributed by atoms with Gasteiger partial charge in [0.25, 0.3) is 11.1 Å². The van der Waals surface area contributed by atoms with Gasteiger partial charge in [-0.25, -0.2) is 4.39 Å². The van der Waals surface area contributed by atoms with E-state index in [1.165, 1.54) is 18.2 Å². The van der Waals surface area contributed by atoms with Gasteiger partial charge in [-0.2, -0.15) is 0 Å². The number of carbonyl (C=O) groups is 3. The monoisotopic (exact) mass is 512 g/mol. The highest BCUT2D eigenvalue weighted by atomic mass is 127. The van der Waals surface area contributed by atoms with E-state index in [-0.39, 0.29) is 10.6 Å². The van der Waals surface area contributed by atoms with E-state index in [1.54, 1.807) is 25.3 Å². The van der Waals surface area contributed by atoms with E-state index in [9.17, 15) is 18.8 Å². The lowest BCUT2D eigenvalue weighted by molar-refractivity contribution is -0.127. The smallest absolute Gasteiger partial charge is 0.294 e. The first-order valence-electron chi connectivity index (χ1n) is 8.01. The number of carbonyl (C=O) groups excluding carboxylic acids is 3. The van der Waals surface area contributed by atoms with E-state index in [1.807, 2.05) is 6.07 Å². The molecule has 0 aromatic heterocycles. The van der Waals surface area contributed by atoms with Crippen molar-refractivity contribution in [2.24, 2.45) is 0 Å². The zero-order valence-corrected chi connectivity index (χ0v) is 17.5. The minimum atomic E-state index is -0.590. The normalized spacial score (nSPS) is 15.2. The van der Waals surface area contributed by atoms with E-state index < -0.39 is 29.4 Å². The van der Waals surface area contributed by atoms with Gasteiger partial charge >= 0.3 is 0 Å². The molecule has 1 fully saturated rings. The molecular formula is C19H14FIN2O4S. The lowest BCUT2D eigenvalue weighted by Crippen LogP contribution is -2.36. The van der Waals surface area contributed by atoms with Crippen molar-refractivity contribution in [2.75, 3.05) is 19.0 Å². The Labute approximate surface area is 178 Å². The summed E-state index contributed by atoms with van der Waals surface area (Å²) >= 11 is 2.88. The van der Waals surface area contributed by atoms with Crippen molar-refractivity contribution in [3.63, 3.8) is 0 Å². The molecule has 0 spiro atoms. The predicted octanol–water partition coefficient (Wildman–Crippen LogP) is 4.11. The number of halogens is 2. The summed E-state index contributed by atoms with van der Waals surface area (Å²) in [6, 6.07) is 10.7. The van der Waals surface area contributed by atoms with E-state index >= 15 is 0 Å². The molecule has 0 atom stereocenters. The summed E-state index contributed by atoms with van der Waals surface area (Å²) in [5.74, 6) is -0.927. The molecule has 9 heteroatoms. The number of thioether (sulfide) groups is 1. The minimum absolute atomic E-state index is 0.226. The predicted molar refractivity (Wildman–Crippen MR) is 113 cm³/mol. The Morgan fingerprint density at radius 3 is 2.75 bits per heavy atom. The standard InChI is InChI=1S/C19H14FIN2O4S/c1-27-15-6-5-11(7-14(15)21)8-16-18(25)23(19(26)28-16)10-17(24)22-13-4-2-3-12(20)9-13/h2-9H,10H2,1H3,(H,22,24)/b16-8+. The Kier molecular flexibility index (Phi) is 6.35. The molecule has 6 nitrogen and oxygen atoms in total. The van der Waals surface area contributed by atoms with Gasteiger partial charge < -0.3 is 10.1 Å². The maximum atomic E-state index is 13.2. The molecule has 0 unspecified atom stereocenters. The van der Waals surface area contributed by atoms with Crippen LogP contribution in [0.1, 0.15) is 5.56 Å². The third-order valence-electron chi connectivity index (χ3n) is 3.76. The molecule has 3 rings (SSSR count). The summed E-state index contributed by atoms with van der Waals surface area (Å²) in [4.78, 5) is 37.9. The number of benzene rings is 2. The highest BCUT2D eigenvalue weighted by Gasteiger charge is 2.36. The summed E-state index contributed by atoms with van der Waals surface area (Å²) in [7, 11) is 1.57. The van der Waals surface area contributed by atoms with Crippen molar-refractivity contribution >= 4 is 63.2 Å². The first kappa shape index (κ1) is 20.3. The zero-order chi connectivity index (χ0) is 20.3. The van der Waals surface area contributed by atoms with Gasteiger partial charge in [-0.3, -0.25) is 19.3 Å². The molecule has 0 saturated carbocycles. The van der Waals surface area contributed by atoms with Gasteiger partial charge in [0.15, 0.2) is 0 Å². The Hall–Kier alpha value is -2.40. The Balaban J connectivity index is 1.71. The van der Waals surface area contributed by atoms with Crippen molar-refractivity contribution in [2.45, 2.75) is 0 Å². The molecule has 1 aliphatic heterocycles. The average molecular weight is 512 g/mol. The lowest BCUT2D eigenvalue weighted by atomic mass is 10.2. The first-order chi connectivity index (χ1) is 13.4. The van der Waals surface area contributed by atoms with Crippen molar-refractivity contribution < 1.29 is 23.5 Å². The van der Waals surface area contributed by atoms with Crippen LogP contribution in [0.5, 0.6) is 5.75 Å². The van der Waals surface area contributed by atoms with Crippen LogP contribution in [0.25, 0.3) is 6.08 Å². The van der Waals surface area contributed by atoms with Gasteiger partial charge in [-0.05, 0) is 76.3 Å². The largest absolute Gasteiger partial charge is 0.496 e. The van der Waals surface area contributed by atoms with Crippen LogP contribution >= 0.6 is 34.4 Å². The number of nitrogens with one attached hydrogen (secondary N) is 1. The minimum Gasteiger partial charge on any atom is -0.496 e. The summed E-state index contributed by atoms with van der Waals surface area (Å²) in [5.41, 5.74) is 0.986. The van der Waals surface area contributed by atoms with Gasteiger partial charge in [0.2, 0.25) is 5.91 Å². The Morgan fingerprint density at radius 1 is 1.29 bits per heavy atom. The van der Waals surface area contributed by atoms with Crippen LogP contribution in [-0.2, 0) is 9.59 Å². The molecule has 1 heterocycles. The van der Waals surface area contributed by atoms with Crippen LogP contribution in [0, 0.1) is 9.39 Å². The maximum absolute atomic E-state index is 13.2. The summed E-state index contributed by atoms with van der Waals surface area (Å²) in [6.07, 6.45) is 1.59. The molecule has 2 aromatic carbocycles. The van der Waals surface area contributed by atoms with Crippen molar-refractivity contribution in [3.8, 4) is 5.75 Å². The van der Waals surface area contributed by atoms with Crippen LogP contribution in [0.4, 0.5) is 14.9 Å². The molecule has 144 valence electrons. The Morgan fingerprint density at radius 2 is 2.07 bits per heavy atom. The van der Waals surface area contributed by atoms with E-state index in [0.717, 1.165) is 31.9 Å². The molecule has 0 bridgehead atoms. The number of amides is 3. The maximum Gasteiger partial charge on any atom is 0.294 e. The molecule has 0 radical (unpaired) electrons. The van der Waals surface area contributed by atoms with Gasteiger partial charge in [-0.1, -0.05) is 12.1 Å². The zero-order valence-electron chi connectivity index (χ0n) is 14.6. The van der Waals surface area contributed by atoms with Crippen LogP contribution in [0.3, 0.4) is 0 Å². The molecule has 1 saturated heterocycles. The lowest BCUT2D eigenvalue weighted by Gasteiger charge is -2.12. The van der Waals surface area contributed by atoms with Crippen LogP contribution in [0.2, 0.25) is 0 Å². The van der Waals surface area contributed by atoms with E-state index in [4.69, 9.17) is 4.74 Å². The summed E-state index contributed by atoms with van der Waals surface area (Å²) in [5, 5.41) is 1.93.